The van der Waals surface area contributed by atoms with Crippen molar-refractivity contribution < 1.29 is 34.2 Å². The minimum Gasteiger partial charge on any atom is -0.481 e. The zero-order chi connectivity index (χ0) is 31.4. The third kappa shape index (κ3) is 10.7. The van der Waals surface area contributed by atoms with Gasteiger partial charge in [0.05, 0.1) is 12.5 Å². The highest BCUT2D eigenvalue weighted by atomic mass is 16.4. The van der Waals surface area contributed by atoms with Crippen molar-refractivity contribution in [2.75, 3.05) is 6.54 Å². The van der Waals surface area contributed by atoms with Crippen LogP contribution < -0.4 is 33.2 Å². The lowest BCUT2D eigenvalue weighted by Gasteiger charge is -2.25. The van der Waals surface area contributed by atoms with Crippen LogP contribution in [0.5, 0.6) is 0 Å². The van der Waals surface area contributed by atoms with Crippen LogP contribution in [0.3, 0.4) is 0 Å². The first-order valence-corrected chi connectivity index (χ1v) is 13.5. The van der Waals surface area contributed by atoms with Crippen molar-refractivity contribution in [3.05, 3.63) is 36.0 Å². The monoisotopic (exact) mass is 588 g/mol. The van der Waals surface area contributed by atoms with Gasteiger partial charge in [-0.05, 0) is 36.8 Å². The zero-order valence-corrected chi connectivity index (χ0v) is 23.6. The van der Waals surface area contributed by atoms with E-state index >= 15 is 0 Å². The first-order valence-electron chi connectivity index (χ1n) is 13.5. The van der Waals surface area contributed by atoms with Crippen LogP contribution in [0.2, 0.25) is 0 Å². The number of para-hydroxylation sites is 1. The lowest BCUT2D eigenvalue weighted by molar-refractivity contribution is -0.143. The SMILES string of the molecule is CC(C)CC(N)C(=O)NC(CC(=O)O)C(=O)NC(Cc1c[nH]c2ccccc12)C(=O)NC(CCCN=C(N)N)C(=O)O. The normalized spacial score (nSPS) is 13.9. The molecule has 0 bridgehead atoms. The average molecular weight is 589 g/mol. The molecule has 0 spiro atoms. The van der Waals surface area contributed by atoms with Gasteiger partial charge in [0.25, 0.3) is 0 Å². The Bertz CT molecular complexity index is 1290. The summed E-state index contributed by atoms with van der Waals surface area (Å²) in [5.41, 5.74) is 17.9. The maximum absolute atomic E-state index is 13.4. The fourth-order valence-corrected chi connectivity index (χ4v) is 4.31. The molecule has 230 valence electrons. The minimum absolute atomic E-state index is 0.00294. The maximum Gasteiger partial charge on any atom is 0.326 e. The van der Waals surface area contributed by atoms with E-state index in [0.29, 0.717) is 12.0 Å². The number of benzene rings is 1. The molecule has 12 N–H and O–H groups in total. The van der Waals surface area contributed by atoms with Crippen molar-refractivity contribution in [1.29, 1.82) is 0 Å². The highest BCUT2D eigenvalue weighted by Gasteiger charge is 2.32. The van der Waals surface area contributed by atoms with Crippen LogP contribution in [0.1, 0.15) is 45.1 Å². The van der Waals surface area contributed by atoms with Gasteiger partial charge in [0, 0.05) is 30.1 Å². The van der Waals surface area contributed by atoms with Crippen molar-refractivity contribution >= 4 is 46.5 Å². The molecule has 0 saturated heterocycles. The molecular formula is C27H40N8O7. The Hall–Kier alpha value is -4.66. The number of fused-ring (bicyclic) bond motifs is 1. The van der Waals surface area contributed by atoms with E-state index in [9.17, 15) is 34.2 Å². The van der Waals surface area contributed by atoms with E-state index in [1.54, 1.807) is 12.3 Å². The number of hydrogen-bond acceptors (Lipinski definition) is 7. The molecule has 1 heterocycles. The number of rotatable bonds is 17. The Kier molecular flexibility index (Phi) is 12.7. The number of aliphatic carboxylic acids is 2. The number of carbonyl (C=O) groups is 5. The van der Waals surface area contributed by atoms with Crippen molar-refractivity contribution in [3.63, 3.8) is 0 Å². The number of aliphatic imine (C=N–C) groups is 1. The quantitative estimate of drug-likeness (QED) is 0.0627. The van der Waals surface area contributed by atoms with Crippen LogP contribution in [0.15, 0.2) is 35.5 Å². The highest BCUT2D eigenvalue weighted by molar-refractivity contribution is 5.96. The lowest BCUT2D eigenvalue weighted by atomic mass is 10.0. The molecule has 1 aromatic heterocycles. The number of hydrogen-bond donors (Lipinski definition) is 9. The summed E-state index contributed by atoms with van der Waals surface area (Å²) in [6, 6.07) is 2.08. The number of nitrogens with one attached hydrogen (secondary N) is 4. The first-order chi connectivity index (χ1) is 19.8. The van der Waals surface area contributed by atoms with E-state index in [1.165, 1.54) is 0 Å². The summed E-state index contributed by atoms with van der Waals surface area (Å²) in [7, 11) is 0. The number of carboxylic acid groups (broad SMARTS) is 2. The van der Waals surface area contributed by atoms with E-state index in [0.717, 1.165) is 10.9 Å². The number of H-pyrrole nitrogens is 1. The number of aromatic amines is 1. The predicted octanol–water partition coefficient (Wildman–Crippen LogP) is -0.849. The van der Waals surface area contributed by atoms with Gasteiger partial charge < -0.3 is 48.3 Å². The Labute approximate surface area is 242 Å². The number of carbonyl (C=O) groups excluding carboxylic acids is 3. The maximum atomic E-state index is 13.4. The number of nitrogens with two attached hydrogens (primary N) is 3. The molecule has 0 fully saturated rings. The summed E-state index contributed by atoms with van der Waals surface area (Å²) < 4.78 is 0. The molecular weight excluding hydrogens is 548 g/mol. The Morgan fingerprint density at radius 1 is 0.929 bits per heavy atom. The number of amides is 3. The lowest BCUT2D eigenvalue weighted by Crippen LogP contribution is -2.58. The fourth-order valence-electron chi connectivity index (χ4n) is 4.31. The molecule has 0 aliphatic heterocycles. The first kappa shape index (κ1) is 33.5. The number of nitrogens with zero attached hydrogens (tertiary/aromatic N) is 1. The predicted molar refractivity (Wildman–Crippen MR) is 155 cm³/mol. The van der Waals surface area contributed by atoms with E-state index < -0.39 is 60.2 Å². The van der Waals surface area contributed by atoms with Crippen LogP contribution in [0, 0.1) is 5.92 Å². The van der Waals surface area contributed by atoms with Crippen LogP contribution in [-0.2, 0) is 30.4 Å². The topological polar surface area (TPSA) is 268 Å². The van der Waals surface area contributed by atoms with Gasteiger partial charge in [0.1, 0.15) is 18.1 Å². The Balaban J connectivity index is 2.30. The third-order valence-corrected chi connectivity index (χ3v) is 6.37. The molecule has 15 heteroatoms. The second-order valence-corrected chi connectivity index (χ2v) is 10.4. The van der Waals surface area contributed by atoms with Gasteiger partial charge in [-0.1, -0.05) is 32.0 Å². The molecule has 42 heavy (non-hydrogen) atoms. The molecule has 2 aromatic rings. The molecule has 4 atom stereocenters. The van der Waals surface area contributed by atoms with Gasteiger partial charge in [-0.15, -0.1) is 0 Å². The second kappa shape index (κ2) is 16.0. The van der Waals surface area contributed by atoms with Gasteiger partial charge in [0.2, 0.25) is 17.7 Å². The largest absolute Gasteiger partial charge is 0.481 e. The van der Waals surface area contributed by atoms with Gasteiger partial charge in [-0.3, -0.25) is 24.2 Å². The Morgan fingerprint density at radius 3 is 2.17 bits per heavy atom. The van der Waals surface area contributed by atoms with Gasteiger partial charge in [0.15, 0.2) is 5.96 Å². The number of aromatic nitrogens is 1. The third-order valence-electron chi connectivity index (χ3n) is 6.37. The molecule has 2 rings (SSSR count). The van der Waals surface area contributed by atoms with Gasteiger partial charge in [-0.25, -0.2) is 4.79 Å². The van der Waals surface area contributed by atoms with Crippen molar-refractivity contribution in [2.45, 2.75) is 70.1 Å². The van der Waals surface area contributed by atoms with E-state index in [4.69, 9.17) is 17.2 Å². The fraction of sp³-hybridized carbons (Fsp3) is 0.481. The van der Waals surface area contributed by atoms with E-state index in [2.05, 4.69) is 25.9 Å². The average Bonchev–Trinajstić information content (AvgIpc) is 3.31. The molecule has 0 aliphatic carbocycles. The van der Waals surface area contributed by atoms with E-state index in [1.807, 2.05) is 32.0 Å². The summed E-state index contributed by atoms with van der Waals surface area (Å²) in [6.45, 7) is 3.86. The summed E-state index contributed by atoms with van der Waals surface area (Å²) in [5, 5.41) is 27.1. The summed E-state index contributed by atoms with van der Waals surface area (Å²) in [5.74, 6) is -5.22. The Morgan fingerprint density at radius 2 is 1.55 bits per heavy atom. The van der Waals surface area contributed by atoms with Crippen LogP contribution in [-0.4, -0.2) is 81.5 Å². The molecule has 1 aromatic carbocycles. The van der Waals surface area contributed by atoms with Crippen molar-refractivity contribution in [2.24, 2.45) is 28.1 Å². The van der Waals surface area contributed by atoms with Gasteiger partial charge in [-0.2, -0.15) is 0 Å². The number of guanidine groups is 1. The summed E-state index contributed by atoms with van der Waals surface area (Å²) >= 11 is 0. The molecule has 4 unspecified atom stereocenters. The van der Waals surface area contributed by atoms with Crippen LogP contribution in [0.25, 0.3) is 10.9 Å². The molecule has 0 aliphatic rings. The highest BCUT2D eigenvalue weighted by Crippen LogP contribution is 2.19. The molecule has 0 radical (unpaired) electrons. The molecule has 3 amide bonds. The summed E-state index contributed by atoms with van der Waals surface area (Å²) in [6.07, 6.45) is 1.37. The van der Waals surface area contributed by atoms with Crippen molar-refractivity contribution in [1.82, 2.24) is 20.9 Å². The summed E-state index contributed by atoms with van der Waals surface area (Å²) in [4.78, 5) is 69.6. The van der Waals surface area contributed by atoms with Crippen LogP contribution in [0.4, 0.5) is 0 Å². The molecule has 15 nitrogen and oxygen atoms in total. The zero-order valence-electron chi connectivity index (χ0n) is 23.6. The minimum atomic E-state index is -1.54. The smallest absolute Gasteiger partial charge is 0.326 e. The van der Waals surface area contributed by atoms with Crippen LogP contribution >= 0.6 is 0 Å². The second-order valence-electron chi connectivity index (χ2n) is 10.4. The van der Waals surface area contributed by atoms with E-state index in [-0.39, 0.29) is 37.7 Å². The molecule has 0 saturated carbocycles. The number of carboxylic acids is 2. The van der Waals surface area contributed by atoms with Gasteiger partial charge >= 0.3 is 11.9 Å². The van der Waals surface area contributed by atoms with Crippen molar-refractivity contribution in [3.8, 4) is 0 Å². The standard InChI is InChI=1S/C27H40N8O7/c1-14(2)10-17(28)23(38)34-21(12-22(36)37)25(40)35-20(11-15-13-32-18-7-4-3-6-16(15)18)24(39)33-19(26(41)42)8-5-9-31-27(29)30/h3-4,6-7,13-14,17,19-21,32H,5,8-12,28H2,1-2H3,(H,33,39)(H,34,38)(H,35,40)(H,36,37)(H,41,42)(H4,29,30,31).